The van der Waals surface area contributed by atoms with E-state index in [0.29, 0.717) is 18.0 Å². The third kappa shape index (κ3) is 4.57. The molecule has 2 fully saturated rings. The summed E-state index contributed by atoms with van der Waals surface area (Å²) in [6.45, 7) is 1.72. The zero-order chi connectivity index (χ0) is 22.8. The van der Waals surface area contributed by atoms with Crippen LogP contribution in [0.2, 0.25) is 0 Å². The van der Waals surface area contributed by atoms with Crippen LogP contribution in [0.25, 0.3) is 0 Å². The van der Waals surface area contributed by atoms with Gasteiger partial charge in [-0.05, 0) is 48.8 Å². The minimum absolute atomic E-state index is 0.0912. The number of carboxylic acid groups (broad SMARTS) is 1. The van der Waals surface area contributed by atoms with Crippen LogP contribution >= 0.6 is 0 Å². The van der Waals surface area contributed by atoms with Crippen molar-refractivity contribution >= 4 is 23.4 Å². The molecule has 5 rings (SSSR count). The highest BCUT2D eigenvalue weighted by atomic mass is 16.4. The lowest BCUT2D eigenvalue weighted by atomic mass is 9.57. The number of aliphatic carboxylic acids is 1. The SMILES string of the molecule is O=C(Nc1ccc(N2CCC3(CC2)CC(C(=O)O)C3)nc1)c1nnc(Cc2ccccc2)o1. The maximum absolute atomic E-state index is 12.5. The Morgan fingerprint density at radius 2 is 1.85 bits per heavy atom. The van der Waals surface area contributed by atoms with Crippen LogP contribution < -0.4 is 10.2 Å². The fourth-order valence-corrected chi connectivity index (χ4v) is 4.80. The summed E-state index contributed by atoms with van der Waals surface area (Å²) >= 11 is 0. The highest BCUT2D eigenvalue weighted by Crippen LogP contribution is 2.52. The smallest absolute Gasteiger partial charge is 0.313 e. The Morgan fingerprint density at radius 1 is 1.09 bits per heavy atom. The Labute approximate surface area is 190 Å². The first kappa shape index (κ1) is 21.1. The molecule has 0 bridgehead atoms. The van der Waals surface area contributed by atoms with E-state index < -0.39 is 11.9 Å². The highest BCUT2D eigenvalue weighted by molar-refractivity contribution is 6.00. The second-order valence-electron chi connectivity index (χ2n) is 8.95. The van der Waals surface area contributed by atoms with Crippen molar-refractivity contribution in [1.29, 1.82) is 0 Å². The summed E-state index contributed by atoms with van der Waals surface area (Å²) in [6, 6.07) is 13.4. The van der Waals surface area contributed by atoms with Gasteiger partial charge in [-0.15, -0.1) is 10.2 Å². The van der Waals surface area contributed by atoms with Gasteiger partial charge in [-0.3, -0.25) is 9.59 Å². The van der Waals surface area contributed by atoms with Gasteiger partial charge in [0.2, 0.25) is 5.89 Å². The minimum Gasteiger partial charge on any atom is -0.481 e. The number of nitrogens with zero attached hydrogens (tertiary/aromatic N) is 4. The summed E-state index contributed by atoms with van der Waals surface area (Å²) in [5.41, 5.74) is 1.76. The van der Waals surface area contributed by atoms with Crippen LogP contribution in [0.15, 0.2) is 53.1 Å². The molecular formula is C24H25N5O4. The number of amides is 1. The first-order chi connectivity index (χ1) is 16.0. The van der Waals surface area contributed by atoms with Crippen LogP contribution in [0, 0.1) is 11.3 Å². The van der Waals surface area contributed by atoms with Crippen LogP contribution in [0.4, 0.5) is 11.5 Å². The number of rotatable bonds is 6. The fourth-order valence-electron chi connectivity index (χ4n) is 4.80. The molecule has 1 aliphatic carbocycles. The van der Waals surface area contributed by atoms with Crippen molar-refractivity contribution in [3.05, 3.63) is 66.0 Å². The van der Waals surface area contributed by atoms with Crippen LogP contribution in [0.1, 0.15) is 47.8 Å². The van der Waals surface area contributed by atoms with Crippen molar-refractivity contribution in [3.8, 4) is 0 Å². The van der Waals surface area contributed by atoms with E-state index in [-0.39, 0.29) is 17.2 Å². The van der Waals surface area contributed by atoms with Crippen LogP contribution in [-0.4, -0.2) is 45.3 Å². The van der Waals surface area contributed by atoms with Crippen molar-refractivity contribution in [2.75, 3.05) is 23.3 Å². The summed E-state index contributed by atoms with van der Waals surface area (Å²) in [6.07, 6.45) is 5.63. The average Bonchev–Trinajstić information content (AvgIpc) is 3.27. The highest BCUT2D eigenvalue weighted by Gasteiger charge is 2.48. The van der Waals surface area contributed by atoms with Crippen LogP contribution in [-0.2, 0) is 11.2 Å². The van der Waals surface area contributed by atoms with E-state index in [1.54, 1.807) is 12.3 Å². The number of carbonyl (C=O) groups excluding carboxylic acids is 1. The van der Waals surface area contributed by atoms with E-state index in [1.807, 2.05) is 36.4 Å². The third-order valence-corrected chi connectivity index (χ3v) is 6.72. The topological polar surface area (TPSA) is 121 Å². The minimum atomic E-state index is -0.671. The van der Waals surface area contributed by atoms with Gasteiger partial charge in [-0.1, -0.05) is 30.3 Å². The number of benzene rings is 1. The summed E-state index contributed by atoms with van der Waals surface area (Å²) in [5.74, 6) is -0.189. The molecule has 1 aliphatic heterocycles. The molecule has 2 aliphatic rings. The molecule has 170 valence electrons. The Balaban J connectivity index is 1.14. The van der Waals surface area contributed by atoms with E-state index in [9.17, 15) is 9.59 Å². The number of carbonyl (C=O) groups is 2. The quantitative estimate of drug-likeness (QED) is 0.590. The lowest BCUT2D eigenvalue weighted by molar-refractivity contribution is -0.151. The molecule has 0 unspecified atom stereocenters. The maximum Gasteiger partial charge on any atom is 0.313 e. The largest absolute Gasteiger partial charge is 0.481 e. The predicted octanol–water partition coefficient (Wildman–Crippen LogP) is 3.39. The van der Waals surface area contributed by atoms with E-state index in [2.05, 4.69) is 25.4 Å². The first-order valence-electron chi connectivity index (χ1n) is 11.1. The summed E-state index contributed by atoms with van der Waals surface area (Å²) in [7, 11) is 0. The molecular weight excluding hydrogens is 422 g/mol. The molecule has 2 N–H and O–H groups in total. The van der Waals surface area contributed by atoms with Gasteiger partial charge < -0.3 is 19.7 Å². The summed E-state index contributed by atoms with van der Waals surface area (Å²) in [5, 5.41) is 19.7. The van der Waals surface area contributed by atoms with Gasteiger partial charge in [0.15, 0.2) is 0 Å². The molecule has 3 aromatic rings. The van der Waals surface area contributed by atoms with Crippen molar-refractivity contribution in [2.45, 2.75) is 32.1 Å². The molecule has 1 aromatic carbocycles. The number of aromatic nitrogens is 3. The van der Waals surface area contributed by atoms with Crippen molar-refractivity contribution in [1.82, 2.24) is 15.2 Å². The van der Waals surface area contributed by atoms with Gasteiger partial charge in [0.1, 0.15) is 5.82 Å². The number of carboxylic acids is 1. The second-order valence-corrected chi connectivity index (χ2v) is 8.95. The molecule has 1 saturated heterocycles. The van der Waals surface area contributed by atoms with Crippen molar-refractivity contribution in [2.24, 2.45) is 11.3 Å². The van der Waals surface area contributed by atoms with Gasteiger partial charge in [0, 0.05) is 13.1 Å². The molecule has 2 aromatic heterocycles. The zero-order valence-electron chi connectivity index (χ0n) is 18.1. The average molecular weight is 447 g/mol. The van der Waals surface area contributed by atoms with Gasteiger partial charge >= 0.3 is 17.8 Å². The zero-order valence-corrected chi connectivity index (χ0v) is 18.1. The molecule has 0 radical (unpaired) electrons. The maximum atomic E-state index is 12.5. The first-order valence-corrected chi connectivity index (χ1v) is 11.1. The molecule has 1 saturated carbocycles. The summed E-state index contributed by atoms with van der Waals surface area (Å²) < 4.78 is 5.50. The molecule has 1 amide bonds. The second kappa shape index (κ2) is 8.65. The molecule has 3 heterocycles. The molecule has 9 heteroatoms. The standard InChI is InChI=1S/C24H25N5O4/c30-21(22-28-27-20(33-22)12-16-4-2-1-3-5-16)26-18-6-7-19(25-15-18)29-10-8-24(9-11-29)13-17(14-24)23(31)32/h1-7,15,17H,8-14H2,(H,26,30)(H,31,32). The molecule has 9 nitrogen and oxygen atoms in total. The predicted molar refractivity (Wildman–Crippen MR) is 120 cm³/mol. The Kier molecular flexibility index (Phi) is 5.53. The van der Waals surface area contributed by atoms with E-state index in [1.165, 1.54) is 0 Å². The monoisotopic (exact) mass is 447 g/mol. The third-order valence-electron chi connectivity index (χ3n) is 6.72. The van der Waals surface area contributed by atoms with Gasteiger partial charge in [-0.2, -0.15) is 0 Å². The van der Waals surface area contributed by atoms with Crippen molar-refractivity contribution < 1.29 is 19.1 Å². The van der Waals surface area contributed by atoms with Crippen molar-refractivity contribution in [3.63, 3.8) is 0 Å². The van der Waals surface area contributed by atoms with Gasteiger partial charge in [0.25, 0.3) is 0 Å². The van der Waals surface area contributed by atoms with Crippen LogP contribution in [0.5, 0.6) is 0 Å². The number of piperidine rings is 1. The molecule has 33 heavy (non-hydrogen) atoms. The number of nitrogens with one attached hydrogen (secondary N) is 1. The van der Waals surface area contributed by atoms with E-state index in [0.717, 1.165) is 50.2 Å². The Bertz CT molecular complexity index is 1130. The lowest BCUT2D eigenvalue weighted by Crippen LogP contribution is -2.49. The number of anilines is 2. The Morgan fingerprint density at radius 3 is 2.52 bits per heavy atom. The van der Waals surface area contributed by atoms with Gasteiger partial charge in [0.05, 0.1) is 24.2 Å². The number of pyridine rings is 1. The fraction of sp³-hybridized carbons (Fsp3) is 0.375. The van der Waals surface area contributed by atoms with Gasteiger partial charge in [-0.25, -0.2) is 4.98 Å². The van der Waals surface area contributed by atoms with E-state index in [4.69, 9.17) is 9.52 Å². The number of hydrogen-bond acceptors (Lipinski definition) is 7. The summed E-state index contributed by atoms with van der Waals surface area (Å²) in [4.78, 5) is 30.3. The lowest BCUT2D eigenvalue weighted by Gasteiger charge is -2.51. The Hall–Kier alpha value is -3.75. The van der Waals surface area contributed by atoms with E-state index >= 15 is 0 Å². The molecule has 1 spiro atoms. The normalized spacial score (nSPS) is 17.5. The number of hydrogen-bond donors (Lipinski definition) is 2. The van der Waals surface area contributed by atoms with Crippen LogP contribution in [0.3, 0.4) is 0 Å². The molecule has 0 atom stereocenters.